The van der Waals surface area contributed by atoms with Crippen LogP contribution in [-0.2, 0) is 17.1 Å². The van der Waals surface area contributed by atoms with Gasteiger partial charge >= 0.3 is 0 Å². The van der Waals surface area contributed by atoms with Crippen molar-refractivity contribution in [3.63, 3.8) is 0 Å². The first-order valence-electron chi connectivity index (χ1n) is 5.63. The van der Waals surface area contributed by atoms with Crippen molar-refractivity contribution >= 4 is 26.0 Å². The van der Waals surface area contributed by atoms with E-state index in [1.165, 1.54) is 11.7 Å². The van der Waals surface area contributed by atoms with Crippen LogP contribution in [0.4, 0.5) is 0 Å². The van der Waals surface area contributed by atoms with Crippen molar-refractivity contribution in [2.24, 2.45) is 13.0 Å². The van der Waals surface area contributed by atoms with E-state index in [9.17, 15) is 13.5 Å². The molecule has 1 heterocycles. The van der Waals surface area contributed by atoms with Crippen LogP contribution in [0.15, 0.2) is 9.63 Å². The third kappa shape index (κ3) is 2.90. The molecule has 1 aromatic rings. The Morgan fingerprint density at radius 3 is 2.78 bits per heavy atom. The second kappa shape index (κ2) is 5.24. The van der Waals surface area contributed by atoms with E-state index in [2.05, 4.69) is 31.0 Å². The van der Waals surface area contributed by atoms with Gasteiger partial charge in [0.1, 0.15) is 0 Å². The molecule has 0 amide bonds. The SMILES string of the molecule is Cn1nnc(Br)c1S(=O)(=O)NCC1CCC(O)C1. The van der Waals surface area contributed by atoms with Crippen LogP contribution in [0.3, 0.4) is 0 Å². The van der Waals surface area contributed by atoms with Crippen LogP contribution in [0.2, 0.25) is 0 Å². The predicted octanol–water partition coefficient (Wildman–Crippen LogP) is 0.0169. The highest BCUT2D eigenvalue weighted by molar-refractivity contribution is 9.10. The Labute approximate surface area is 114 Å². The molecule has 1 saturated carbocycles. The van der Waals surface area contributed by atoms with Crippen LogP contribution >= 0.6 is 15.9 Å². The molecule has 0 spiro atoms. The normalized spacial score (nSPS) is 24.6. The zero-order valence-electron chi connectivity index (χ0n) is 9.87. The van der Waals surface area contributed by atoms with E-state index in [0.29, 0.717) is 13.0 Å². The van der Waals surface area contributed by atoms with Gasteiger partial charge < -0.3 is 5.11 Å². The summed E-state index contributed by atoms with van der Waals surface area (Å²) in [6, 6.07) is 0. The van der Waals surface area contributed by atoms with Crippen LogP contribution in [0.5, 0.6) is 0 Å². The summed E-state index contributed by atoms with van der Waals surface area (Å²) in [6.45, 7) is 0.330. The Kier molecular flexibility index (Phi) is 4.05. The molecule has 1 fully saturated rings. The Morgan fingerprint density at radius 1 is 1.56 bits per heavy atom. The monoisotopic (exact) mass is 338 g/mol. The minimum absolute atomic E-state index is 0.0149. The number of nitrogens with one attached hydrogen (secondary N) is 1. The molecule has 2 unspecified atom stereocenters. The minimum atomic E-state index is -3.62. The average Bonchev–Trinajstić information content (AvgIpc) is 2.83. The lowest BCUT2D eigenvalue weighted by molar-refractivity contribution is 0.178. The number of aromatic nitrogens is 3. The van der Waals surface area contributed by atoms with Gasteiger partial charge in [0, 0.05) is 13.6 Å². The fourth-order valence-corrected chi connectivity index (χ4v) is 4.34. The lowest BCUT2D eigenvalue weighted by Crippen LogP contribution is -2.30. The number of rotatable bonds is 4. The van der Waals surface area contributed by atoms with E-state index in [0.717, 1.165) is 12.8 Å². The van der Waals surface area contributed by atoms with Gasteiger partial charge in [-0.2, -0.15) is 0 Å². The lowest BCUT2D eigenvalue weighted by Gasteiger charge is -2.11. The summed E-state index contributed by atoms with van der Waals surface area (Å²) in [7, 11) is -2.10. The molecule has 1 aromatic heterocycles. The van der Waals surface area contributed by atoms with Gasteiger partial charge in [-0.15, -0.1) is 5.10 Å². The fraction of sp³-hybridized carbons (Fsp3) is 0.778. The predicted molar refractivity (Wildman–Crippen MR) is 67.2 cm³/mol. The van der Waals surface area contributed by atoms with Gasteiger partial charge in [-0.3, -0.25) is 0 Å². The average molecular weight is 339 g/mol. The molecule has 2 rings (SSSR count). The summed E-state index contributed by atoms with van der Waals surface area (Å²) >= 11 is 3.06. The number of halogens is 1. The van der Waals surface area contributed by atoms with Crippen molar-refractivity contribution in [3.8, 4) is 0 Å². The van der Waals surface area contributed by atoms with Crippen LogP contribution < -0.4 is 4.72 Å². The first-order valence-corrected chi connectivity index (χ1v) is 7.90. The van der Waals surface area contributed by atoms with Crippen LogP contribution in [0.25, 0.3) is 0 Å². The van der Waals surface area contributed by atoms with Gasteiger partial charge in [-0.25, -0.2) is 17.8 Å². The van der Waals surface area contributed by atoms with Gasteiger partial charge in [0.15, 0.2) is 4.60 Å². The van der Waals surface area contributed by atoms with Gasteiger partial charge in [0.2, 0.25) is 5.03 Å². The van der Waals surface area contributed by atoms with Gasteiger partial charge in [0.25, 0.3) is 10.0 Å². The summed E-state index contributed by atoms with van der Waals surface area (Å²) in [6.07, 6.45) is 1.93. The van der Waals surface area contributed by atoms with Crippen LogP contribution in [0.1, 0.15) is 19.3 Å². The van der Waals surface area contributed by atoms with Crippen molar-refractivity contribution < 1.29 is 13.5 Å². The van der Waals surface area contributed by atoms with E-state index in [1.807, 2.05) is 0 Å². The Morgan fingerprint density at radius 2 is 2.28 bits per heavy atom. The molecule has 102 valence electrons. The molecule has 2 N–H and O–H groups in total. The standard InChI is InChI=1S/C9H15BrN4O3S/c1-14-9(8(10)12-13-14)18(16,17)11-5-6-2-3-7(15)4-6/h6-7,11,15H,2-5H2,1H3. The Bertz CT molecular complexity index is 510. The summed E-state index contributed by atoms with van der Waals surface area (Å²) in [4.78, 5) is 0. The molecular weight excluding hydrogens is 324 g/mol. The molecule has 0 saturated heterocycles. The first-order chi connectivity index (χ1) is 8.40. The smallest absolute Gasteiger partial charge is 0.260 e. The van der Waals surface area contributed by atoms with Gasteiger partial charge in [-0.05, 0) is 41.1 Å². The first kappa shape index (κ1) is 13.9. The Hall–Kier alpha value is -0.510. The van der Waals surface area contributed by atoms with Crippen LogP contribution in [-0.4, -0.2) is 41.2 Å². The second-order valence-corrected chi connectivity index (χ2v) is 6.93. The second-order valence-electron chi connectivity index (χ2n) is 4.49. The minimum Gasteiger partial charge on any atom is -0.393 e. The van der Waals surface area contributed by atoms with E-state index >= 15 is 0 Å². The number of hydrogen-bond acceptors (Lipinski definition) is 5. The highest BCUT2D eigenvalue weighted by Gasteiger charge is 2.27. The molecule has 1 aliphatic carbocycles. The number of aryl methyl sites for hydroxylation is 1. The number of aliphatic hydroxyl groups excluding tert-OH is 1. The third-order valence-corrected chi connectivity index (χ3v) is 5.38. The van der Waals surface area contributed by atoms with Crippen molar-refractivity contribution in [2.75, 3.05) is 6.54 Å². The zero-order valence-corrected chi connectivity index (χ0v) is 12.3. The highest BCUT2D eigenvalue weighted by Crippen LogP contribution is 2.25. The Balaban J connectivity index is 2.04. The van der Waals surface area contributed by atoms with Gasteiger partial charge in [-0.1, -0.05) is 5.21 Å². The molecule has 0 radical (unpaired) electrons. The van der Waals surface area contributed by atoms with Crippen LogP contribution in [0, 0.1) is 5.92 Å². The van der Waals surface area contributed by atoms with E-state index in [-0.39, 0.29) is 21.7 Å². The molecule has 0 bridgehead atoms. The highest BCUT2D eigenvalue weighted by atomic mass is 79.9. The maximum Gasteiger partial charge on any atom is 0.260 e. The molecular formula is C9H15BrN4O3S. The summed E-state index contributed by atoms with van der Waals surface area (Å²) in [5.41, 5.74) is 0. The third-order valence-electron chi connectivity index (χ3n) is 3.07. The number of hydrogen-bond donors (Lipinski definition) is 2. The van der Waals surface area contributed by atoms with Crippen molar-refractivity contribution in [3.05, 3.63) is 4.60 Å². The molecule has 2 atom stereocenters. The van der Waals surface area contributed by atoms with Crippen molar-refractivity contribution in [1.82, 2.24) is 19.7 Å². The molecule has 0 aliphatic heterocycles. The summed E-state index contributed by atoms with van der Waals surface area (Å²) in [5, 5.41) is 16.7. The topological polar surface area (TPSA) is 97.1 Å². The van der Waals surface area contributed by atoms with Crippen molar-refractivity contribution in [1.29, 1.82) is 0 Å². The molecule has 7 nitrogen and oxygen atoms in total. The number of sulfonamides is 1. The van der Waals surface area contributed by atoms with Gasteiger partial charge in [0.05, 0.1) is 6.10 Å². The number of nitrogens with zero attached hydrogens (tertiary/aromatic N) is 3. The molecule has 0 aromatic carbocycles. The zero-order chi connectivity index (χ0) is 13.3. The quantitative estimate of drug-likeness (QED) is 0.806. The molecule has 9 heteroatoms. The van der Waals surface area contributed by atoms with Crippen molar-refractivity contribution in [2.45, 2.75) is 30.4 Å². The largest absolute Gasteiger partial charge is 0.393 e. The molecule has 1 aliphatic rings. The van der Waals surface area contributed by atoms with E-state index < -0.39 is 10.0 Å². The summed E-state index contributed by atoms with van der Waals surface area (Å²) < 4.78 is 28.1. The van der Waals surface area contributed by atoms with E-state index in [1.54, 1.807) is 0 Å². The maximum absolute atomic E-state index is 12.1. The lowest BCUT2D eigenvalue weighted by atomic mass is 10.1. The molecule has 18 heavy (non-hydrogen) atoms. The summed E-state index contributed by atoms with van der Waals surface area (Å²) in [5.74, 6) is 0.190. The number of aliphatic hydroxyl groups is 1. The maximum atomic E-state index is 12.1. The van der Waals surface area contributed by atoms with E-state index in [4.69, 9.17) is 0 Å². The fourth-order valence-electron chi connectivity index (χ4n) is 2.14.